The SMILES string of the molecule is N#CCc1cc[c-]cc1. The van der Waals surface area contributed by atoms with Crippen LogP contribution in [0.5, 0.6) is 0 Å². The first-order valence-electron chi connectivity index (χ1n) is 2.75. The van der Waals surface area contributed by atoms with Crippen molar-refractivity contribution in [3.05, 3.63) is 35.9 Å². The standard InChI is InChI=1S/C8H6N/c9-7-6-8-4-2-1-3-5-8/h2-5H,6H2/q-1. The van der Waals surface area contributed by atoms with Crippen LogP contribution < -0.4 is 0 Å². The van der Waals surface area contributed by atoms with Crippen molar-refractivity contribution in [2.45, 2.75) is 6.42 Å². The second kappa shape index (κ2) is 2.88. The van der Waals surface area contributed by atoms with Crippen LogP contribution in [0.25, 0.3) is 0 Å². The van der Waals surface area contributed by atoms with E-state index in [9.17, 15) is 0 Å². The molecule has 1 aromatic carbocycles. The number of nitriles is 1. The van der Waals surface area contributed by atoms with Crippen molar-refractivity contribution in [3.8, 4) is 6.07 Å². The van der Waals surface area contributed by atoms with E-state index in [2.05, 4.69) is 12.1 Å². The fraction of sp³-hybridized carbons (Fsp3) is 0.125. The lowest BCUT2D eigenvalue weighted by molar-refractivity contribution is 1.26. The van der Waals surface area contributed by atoms with Gasteiger partial charge in [-0.1, -0.05) is 0 Å². The van der Waals surface area contributed by atoms with Crippen LogP contribution in [-0.4, -0.2) is 0 Å². The largest absolute Gasteiger partial charge is 0.198 e. The van der Waals surface area contributed by atoms with Crippen molar-refractivity contribution in [2.24, 2.45) is 0 Å². The molecule has 0 amide bonds. The summed E-state index contributed by atoms with van der Waals surface area (Å²) >= 11 is 0. The molecular weight excluding hydrogens is 110 g/mol. The lowest BCUT2D eigenvalue weighted by atomic mass is 10.2. The zero-order valence-corrected chi connectivity index (χ0v) is 4.96. The first-order chi connectivity index (χ1) is 4.43. The number of benzene rings is 1. The van der Waals surface area contributed by atoms with Gasteiger partial charge >= 0.3 is 0 Å². The van der Waals surface area contributed by atoms with E-state index in [1.165, 1.54) is 0 Å². The number of hydrogen-bond acceptors (Lipinski definition) is 1. The van der Waals surface area contributed by atoms with Crippen LogP contribution in [0.2, 0.25) is 0 Å². The molecule has 1 heteroatoms. The highest BCUT2D eigenvalue weighted by molar-refractivity contribution is 5.16. The van der Waals surface area contributed by atoms with Gasteiger partial charge < -0.3 is 0 Å². The molecule has 0 aromatic heterocycles. The summed E-state index contributed by atoms with van der Waals surface area (Å²) in [5, 5.41) is 8.26. The van der Waals surface area contributed by atoms with Gasteiger partial charge in [0.15, 0.2) is 0 Å². The normalized spacial score (nSPS) is 8.33. The fourth-order valence-electron chi connectivity index (χ4n) is 0.631. The summed E-state index contributed by atoms with van der Waals surface area (Å²) < 4.78 is 0. The molecule has 0 bridgehead atoms. The molecule has 0 aliphatic heterocycles. The monoisotopic (exact) mass is 116 g/mol. The summed E-state index contributed by atoms with van der Waals surface area (Å²) in [6.07, 6.45) is 0.495. The Morgan fingerprint density at radius 1 is 1.44 bits per heavy atom. The highest BCUT2D eigenvalue weighted by Gasteiger charge is 1.76. The quantitative estimate of drug-likeness (QED) is 0.511. The predicted molar refractivity (Wildman–Crippen MR) is 34.6 cm³/mol. The van der Waals surface area contributed by atoms with Crippen molar-refractivity contribution in [2.75, 3.05) is 0 Å². The zero-order valence-electron chi connectivity index (χ0n) is 4.96. The van der Waals surface area contributed by atoms with Crippen molar-refractivity contribution in [3.63, 3.8) is 0 Å². The number of nitrogens with zero attached hydrogens (tertiary/aromatic N) is 1. The molecule has 1 aromatic rings. The van der Waals surface area contributed by atoms with Crippen LogP contribution in [0.3, 0.4) is 0 Å². The van der Waals surface area contributed by atoms with E-state index in [0.29, 0.717) is 6.42 Å². The molecule has 44 valence electrons. The van der Waals surface area contributed by atoms with E-state index in [-0.39, 0.29) is 0 Å². The Morgan fingerprint density at radius 3 is 2.67 bits per heavy atom. The molecule has 0 saturated heterocycles. The van der Waals surface area contributed by atoms with Crippen LogP contribution in [0, 0.1) is 17.4 Å². The summed E-state index contributed by atoms with van der Waals surface area (Å²) in [6.45, 7) is 0. The average molecular weight is 116 g/mol. The Kier molecular flexibility index (Phi) is 1.87. The van der Waals surface area contributed by atoms with Gasteiger partial charge in [0.1, 0.15) is 0 Å². The van der Waals surface area contributed by atoms with E-state index in [0.717, 1.165) is 5.56 Å². The van der Waals surface area contributed by atoms with E-state index in [1.807, 2.05) is 24.3 Å². The van der Waals surface area contributed by atoms with Crippen LogP contribution in [0.15, 0.2) is 24.3 Å². The topological polar surface area (TPSA) is 23.8 Å². The molecule has 0 unspecified atom stereocenters. The third kappa shape index (κ3) is 1.58. The molecule has 0 fully saturated rings. The molecule has 1 rings (SSSR count). The number of rotatable bonds is 1. The van der Waals surface area contributed by atoms with Gasteiger partial charge in [-0.25, -0.2) is 0 Å². The highest BCUT2D eigenvalue weighted by Crippen LogP contribution is 1.96. The third-order valence-electron chi connectivity index (χ3n) is 1.07. The Bertz CT molecular complexity index is 208. The molecule has 0 aliphatic carbocycles. The second-order valence-corrected chi connectivity index (χ2v) is 1.74. The summed E-state index contributed by atoms with van der Waals surface area (Å²) in [7, 11) is 0. The summed E-state index contributed by atoms with van der Waals surface area (Å²) in [5.74, 6) is 0. The molecule has 1 nitrogen and oxygen atoms in total. The maximum Gasteiger partial charge on any atom is 0.0647 e. The lowest BCUT2D eigenvalue weighted by Gasteiger charge is -1.97. The first kappa shape index (κ1) is 5.84. The van der Waals surface area contributed by atoms with E-state index >= 15 is 0 Å². The maximum atomic E-state index is 8.26. The van der Waals surface area contributed by atoms with Crippen LogP contribution in [0.4, 0.5) is 0 Å². The third-order valence-corrected chi connectivity index (χ3v) is 1.07. The minimum atomic E-state index is 0.495. The molecule has 0 aliphatic rings. The van der Waals surface area contributed by atoms with Gasteiger partial charge in [-0.3, -0.25) is 0 Å². The van der Waals surface area contributed by atoms with Gasteiger partial charge in [0, 0.05) is 6.42 Å². The maximum absolute atomic E-state index is 8.26. The summed E-state index contributed by atoms with van der Waals surface area (Å²) in [6, 6.07) is 12.4. The van der Waals surface area contributed by atoms with Gasteiger partial charge in [0.2, 0.25) is 0 Å². The van der Waals surface area contributed by atoms with Crippen molar-refractivity contribution >= 4 is 0 Å². The van der Waals surface area contributed by atoms with E-state index in [1.54, 1.807) is 0 Å². The van der Waals surface area contributed by atoms with Crippen LogP contribution in [0.1, 0.15) is 5.56 Å². The summed E-state index contributed by atoms with van der Waals surface area (Å²) in [5.41, 5.74) is 1.05. The second-order valence-electron chi connectivity index (χ2n) is 1.74. The van der Waals surface area contributed by atoms with E-state index in [4.69, 9.17) is 5.26 Å². The van der Waals surface area contributed by atoms with Crippen molar-refractivity contribution < 1.29 is 0 Å². The highest BCUT2D eigenvalue weighted by atomic mass is 14.2. The lowest BCUT2D eigenvalue weighted by Crippen LogP contribution is -1.76. The van der Waals surface area contributed by atoms with Gasteiger partial charge in [-0.15, -0.1) is 5.56 Å². The van der Waals surface area contributed by atoms with Gasteiger partial charge in [0.05, 0.1) is 6.07 Å². The van der Waals surface area contributed by atoms with Gasteiger partial charge in [-0.2, -0.15) is 35.6 Å². The molecule has 9 heavy (non-hydrogen) atoms. The Labute approximate surface area is 54.6 Å². The summed E-state index contributed by atoms with van der Waals surface area (Å²) in [4.78, 5) is 0. The Hall–Kier alpha value is -1.29. The smallest absolute Gasteiger partial charge is 0.0647 e. The molecule has 0 N–H and O–H groups in total. The Morgan fingerprint density at radius 2 is 2.11 bits per heavy atom. The molecule has 0 saturated carbocycles. The van der Waals surface area contributed by atoms with Crippen LogP contribution >= 0.6 is 0 Å². The number of hydrogen-bond donors (Lipinski definition) is 0. The van der Waals surface area contributed by atoms with E-state index < -0.39 is 0 Å². The molecule has 0 spiro atoms. The first-order valence-corrected chi connectivity index (χ1v) is 2.75. The minimum Gasteiger partial charge on any atom is -0.198 e. The van der Waals surface area contributed by atoms with Gasteiger partial charge in [-0.05, 0) is 0 Å². The average Bonchev–Trinajstić information content (AvgIpc) is 1.91. The Balaban J connectivity index is 2.76. The molecule has 0 atom stereocenters. The minimum absolute atomic E-state index is 0.495. The van der Waals surface area contributed by atoms with Crippen LogP contribution in [-0.2, 0) is 6.42 Å². The molecule has 0 radical (unpaired) electrons. The molecular formula is C8H6N-. The zero-order chi connectivity index (χ0) is 6.53. The fourth-order valence-corrected chi connectivity index (χ4v) is 0.631. The van der Waals surface area contributed by atoms with Crippen molar-refractivity contribution in [1.29, 1.82) is 5.26 Å². The van der Waals surface area contributed by atoms with Gasteiger partial charge in [0.25, 0.3) is 0 Å². The van der Waals surface area contributed by atoms with Crippen molar-refractivity contribution in [1.82, 2.24) is 0 Å². The molecule has 0 heterocycles. The predicted octanol–water partition coefficient (Wildman–Crippen LogP) is 1.55.